The van der Waals surface area contributed by atoms with Crippen LogP contribution in [0.25, 0.3) is 5.65 Å². The molecule has 0 aromatic carbocycles. The quantitative estimate of drug-likeness (QED) is 0.818. The van der Waals surface area contributed by atoms with Crippen molar-refractivity contribution in [1.29, 1.82) is 0 Å². The molecule has 0 aliphatic carbocycles. The van der Waals surface area contributed by atoms with Crippen LogP contribution in [-0.4, -0.2) is 37.8 Å². The van der Waals surface area contributed by atoms with Gasteiger partial charge in [-0.2, -0.15) is 5.10 Å². The first-order chi connectivity index (χ1) is 7.72. The van der Waals surface area contributed by atoms with Crippen LogP contribution >= 0.6 is 0 Å². The number of tetrazole rings is 1. The average molecular weight is 220 g/mol. The minimum absolute atomic E-state index is 0.327. The van der Waals surface area contributed by atoms with Crippen LogP contribution in [-0.2, 0) is 0 Å². The Morgan fingerprint density at radius 3 is 2.94 bits per heavy atom. The summed E-state index contributed by atoms with van der Waals surface area (Å²) in [5, 5.41) is 18.9. The van der Waals surface area contributed by atoms with Gasteiger partial charge in [-0.05, 0) is 36.0 Å². The average Bonchev–Trinajstić information content (AvgIpc) is 2.75. The molecule has 2 atom stereocenters. The molecular formula is C10H16N6. The first kappa shape index (κ1) is 10.9. The fraction of sp³-hybridized carbons (Fsp3) is 0.600. The van der Waals surface area contributed by atoms with E-state index in [-0.39, 0.29) is 0 Å². The first-order valence-electron chi connectivity index (χ1n) is 5.51. The van der Waals surface area contributed by atoms with E-state index in [1.807, 2.05) is 12.1 Å². The van der Waals surface area contributed by atoms with E-state index < -0.39 is 0 Å². The van der Waals surface area contributed by atoms with Crippen molar-refractivity contribution in [3.05, 3.63) is 17.8 Å². The molecule has 2 aromatic rings. The molecule has 16 heavy (non-hydrogen) atoms. The minimum atomic E-state index is 0.327. The number of nitrogens with one attached hydrogen (secondary N) is 1. The zero-order valence-corrected chi connectivity index (χ0v) is 9.75. The van der Waals surface area contributed by atoms with Crippen LogP contribution in [0.1, 0.15) is 32.4 Å². The summed E-state index contributed by atoms with van der Waals surface area (Å²) in [7, 11) is 0. The van der Waals surface area contributed by atoms with Crippen LogP contribution in [0.3, 0.4) is 0 Å². The monoisotopic (exact) mass is 220 g/mol. The molecule has 0 amide bonds. The van der Waals surface area contributed by atoms with Gasteiger partial charge in [-0.1, -0.05) is 13.8 Å². The Kier molecular flexibility index (Phi) is 3.09. The molecule has 2 aromatic heterocycles. The van der Waals surface area contributed by atoms with Gasteiger partial charge in [-0.15, -0.1) is 9.73 Å². The van der Waals surface area contributed by atoms with Crippen molar-refractivity contribution in [2.45, 2.75) is 32.7 Å². The van der Waals surface area contributed by atoms with Crippen molar-refractivity contribution in [1.82, 2.24) is 30.6 Å². The van der Waals surface area contributed by atoms with Crippen LogP contribution in [0.4, 0.5) is 0 Å². The van der Waals surface area contributed by atoms with E-state index in [1.54, 1.807) is 0 Å². The summed E-state index contributed by atoms with van der Waals surface area (Å²) in [5.41, 5.74) is 1.67. The highest BCUT2D eigenvalue weighted by atomic mass is 15.6. The van der Waals surface area contributed by atoms with Crippen molar-refractivity contribution in [2.24, 2.45) is 0 Å². The van der Waals surface area contributed by atoms with E-state index in [2.05, 4.69) is 46.7 Å². The lowest BCUT2D eigenvalue weighted by atomic mass is 9.99. The van der Waals surface area contributed by atoms with Crippen molar-refractivity contribution >= 4 is 5.65 Å². The summed E-state index contributed by atoms with van der Waals surface area (Å²) in [5.74, 6) is 0.327. The number of hydrogen-bond donors (Lipinski definition) is 1. The maximum atomic E-state index is 4.38. The molecule has 0 radical (unpaired) electrons. The Balaban J connectivity index is 2.24. The summed E-state index contributed by atoms with van der Waals surface area (Å²) < 4.78 is 1.46. The van der Waals surface area contributed by atoms with Crippen LogP contribution in [0.15, 0.2) is 12.1 Å². The number of hydrogen-bond acceptors (Lipinski definition) is 5. The molecule has 6 nitrogen and oxygen atoms in total. The van der Waals surface area contributed by atoms with E-state index >= 15 is 0 Å². The number of nitrogens with zero attached hydrogens (tertiary/aromatic N) is 5. The topological polar surface area (TPSA) is 68.0 Å². The van der Waals surface area contributed by atoms with Crippen molar-refractivity contribution in [2.75, 3.05) is 6.54 Å². The molecular weight excluding hydrogens is 204 g/mol. The fourth-order valence-electron chi connectivity index (χ4n) is 1.66. The molecule has 0 bridgehead atoms. The van der Waals surface area contributed by atoms with Gasteiger partial charge in [0, 0.05) is 12.0 Å². The standard InChI is InChI=1S/C10H16N6/c1-4-11-8(3)7(2)9-5-6-10-12-14-15-16(10)13-9/h5-8,11H,4H2,1-3H3. The molecule has 0 aliphatic heterocycles. The third-order valence-electron chi connectivity index (χ3n) is 2.83. The van der Waals surface area contributed by atoms with Gasteiger partial charge in [0.1, 0.15) is 0 Å². The molecule has 2 unspecified atom stereocenters. The normalized spacial score (nSPS) is 15.2. The van der Waals surface area contributed by atoms with E-state index in [0.717, 1.165) is 12.2 Å². The summed E-state index contributed by atoms with van der Waals surface area (Å²) in [6, 6.07) is 4.24. The van der Waals surface area contributed by atoms with Gasteiger partial charge in [-0.25, -0.2) is 0 Å². The lowest BCUT2D eigenvalue weighted by molar-refractivity contribution is 0.480. The highest BCUT2D eigenvalue weighted by Gasteiger charge is 2.15. The Morgan fingerprint density at radius 1 is 1.38 bits per heavy atom. The highest BCUT2D eigenvalue weighted by molar-refractivity contribution is 5.33. The first-order valence-corrected chi connectivity index (χ1v) is 5.51. The number of aromatic nitrogens is 5. The number of fused-ring (bicyclic) bond motifs is 1. The second kappa shape index (κ2) is 4.52. The Hall–Kier alpha value is -1.56. The molecule has 0 saturated heterocycles. The molecule has 86 valence electrons. The third-order valence-corrected chi connectivity index (χ3v) is 2.83. The molecule has 0 aliphatic rings. The maximum absolute atomic E-state index is 4.38. The second-order valence-electron chi connectivity index (χ2n) is 3.92. The third kappa shape index (κ3) is 2.01. The van der Waals surface area contributed by atoms with Gasteiger partial charge < -0.3 is 5.32 Å². The van der Waals surface area contributed by atoms with Gasteiger partial charge >= 0.3 is 0 Å². The lowest BCUT2D eigenvalue weighted by Gasteiger charge is -2.19. The van der Waals surface area contributed by atoms with Gasteiger partial charge in [0.2, 0.25) is 0 Å². The molecule has 1 N–H and O–H groups in total. The van der Waals surface area contributed by atoms with Crippen molar-refractivity contribution in [3.8, 4) is 0 Å². The van der Waals surface area contributed by atoms with Gasteiger partial charge in [0.25, 0.3) is 0 Å². The van der Waals surface area contributed by atoms with Crippen LogP contribution in [0.2, 0.25) is 0 Å². The van der Waals surface area contributed by atoms with Crippen molar-refractivity contribution in [3.63, 3.8) is 0 Å². The Labute approximate surface area is 94.0 Å². The zero-order valence-electron chi connectivity index (χ0n) is 9.75. The fourth-order valence-corrected chi connectivity index (χ4v) is 1.66. The van der Waals surface area contributed by atoms with E-state index in [4.69, 9.17) is 0 Å². The smallest absolute Gasteiger partial charge is 0.199 e. The molecule has 0 spiro atoms. The summed E-state index contributed by atoms with van der Waals surface area (Å²) >= 11 is 0. The van der Waals surface area contributed by atoms with Crippen LogP contribution < -0.4 is 5.32 Å². The second-order valence-corrected chi connectivity index (χ2v) is 3.92. The van der Waals surface area contributed by atoms with Crippen LogP contribution in [0, 0.1) is 0 Å². The van der Waals surface area contributed by atoms with Crippen molar-refractivity contribution < 1.29 is 0 Å². The summed E-state index contributed by atoms with van der Waals surface area (Å²) in [6.07, 6.45) is 0. The molecule has 6 heteroatoms. The highest BCUT2D eigenvalue weighted by Crippen LogP contribution is 2.16. The number of rotatable bonds is 4. The van der Waals surface area contributed by atoms with Gasteiger partial charge in [0.05, 0.1) is 5.69 Å². The minimum Gasteiger partial charge on any atom is -0.314 e. The lowest BCUT2D eigenvalue weighted by Crippen LogP contribution is -2.31. The van der Waals surface area contributed by atoms with E-state index in [0.29, 0.717) is 17.6 Å². The van der Waals surface area contributed by atoms with E-state index in [1.165, 1.54) is 4.63 Å². The predicted octanol–water partition coefficient (Wildman–Crippen LogP) is 0.621. The molecule has 2 rings (SSSR count). The van der Waals surface area contributed by atoms with E-state index in [9.17, 15) is 0 Å². The predicted molar refractivity (Wildman–Crippen MR) is 60.1 cm³/mol. The zero-order chi connectivity index (χ0) is 11.5. The summed E-state index contributed by atoms with van der Waals surface area (Å²) in [6.45, 7) is 7.35. The largest absolute Gasteiger partial charge is 0.314 e. The molecule has 0 saturated carbocycles. The Bertz CT molecular complexity index is 465. The molecule has 2 heterocycles. The Morgan fingerprint density at radius 2 is 2.19 bits per heavy atom. The molecule has 0 fully saturated rings. The van der Waals surface area contributed by atoms with Gasteiger partial charge in [0.15, 0.2) is 5.65 Å². The van der Waals surface area contributed by atoms with Gasteiger partial charge in [-0.3, -0.25) is 0 Å². The maximum Gasteiger partial charge on any atom is 0.199 e. The van der Waals surface area contributed by atoms with Crippen LogP contribution in [0.5, 0.6) is 0 Å². The number of likely N-dealkylation sites (N-methyl/N-ethyl adjacent to an activating group) is 1. The SMILES string of the molecule is CCNC(C)C(C)c1ccc2nnnn2n1. The summed E-state index contributed by atoms with van der Waals surface area (Å²) in [4.78, 5) is 0.